The van der Waals surface area contributed by atoms with Crippen molar-refractivity contribution in [3.05, 3.63) is 35.9 Å². The number of aromatic nitrogens is 2. The van der Waals surface area contributed by atoms with Crippen LogP contribution in [-0.4, -0.2) is 15.3 Å². The van der Waals surface area contributed by atoms with Crippen LogP contribution in [0.3, 0.4) is 0 Å². The zero-order valence-corrected chi connectivity index (χ0v) is 9.69. The summed E-state index contributed by atoms with van der Waals surface area (Å²) < 4.78 is 1.74. The monoisotopic (exact) mass is 217 g/mol. The van der Waals surface area contributed by atoms with E-state index in [4.69, 9.17) is 5.73 Å². The highest BCUT2D eigenvalue weighted by atomic mass is 16.1. The largest absolute Gasteiger partial charge is 0.363 e. The molecule has 16 heavy (non-hydrogen) atoms. The van der Waals surface area contributed by atoms with Crippen molar-refractivity contribution in [1.82, 2.24) is 9.38 Å². The zero-order chi connectivity index (χ0) is 11.9. The van der Waals surface area contributed by atoms with E-state index in [1.54, 1.807) is 10.6 Å². The number of nitrogens with two attached hydrogens (primary N) is 1. The molecule has 0 aliphatic rings. The van der Waals surface area contributed by atoms with Gasteiger partial charge in [-0.3, -0.25) is 9.20 Å². The third kappa shape index (κ3) is 1.56. The number of fused-ring (bicyclic) bond motifs is 1. The Balaban J connectivity index is 2.82. The van der Waals surface area contributed by atoms with Crippen molar-refractivity contribution in [1.29, 1.82) is 0 Å². The third-order valence-electron chi connectivity index (χ3n) is 2.48. The number of imidazole rings is 1. The fourth-order valence-electron chi connectivity index (χ4n) is 1.76. The summed E-state index contributed by atoms with van der Waals surface area (Å²) in [5, 5.41) is 0. The summed E-state index contributed by atoms with van der Waals surface area (Å²) >= 11 is 0. The molecule has 2 aromatic rings. The van der Waals surface area contributed by atoms with Crippen LogP contribution in [0.15, 0.2) is 24.4 Å². The van der Waals surface area contributed by atoms with Gasteiger partial charge < -0.3 is 5.73 Å². The summed E-state index contributed by atoms with van der Waals surface area (Å²) in [5.74, 6) is -0.211. The lowest BCUT2D eigenvalue weighted by molar-refractivity contribution is 0.0989. The van der Waals surface area contributed by atoms with Crippen LogP contribution in [0.1, 0.15) is 37.1 Å². The van der Waals surface area contributed by atoms with E-state index in [-0.39, 0.29) is 5.41 Å². The predicted molar refractivity (Wildman–Crippen MR) is 62.4 cm³/mol. The number of carbonyl (C=O) groups excluding carboxylic acids is 1. The van der Waals surface area contributed by atoms with Gasteiger partial charge in [-0.2, -0.15) is 0 Å². The SMILES string of the molecule is CC(C)(C)c1nc(C(N)=O)n2ccccc12. The molecule has 0 fully saturated rings. The molecular formula is C12H15N3O. The normalized spacial score (nSPS) is 11.9. The molecule has 0 spiro atoms. The number of hydrogen-bond donors (Lipinski definition) is 1. The van der Waals surface area contributed by atoms with Crippen LogP contribution in [-0.2, 0) is 5.41 Å². The second-order valence-electron chi connectivity index (χ2n) is 4.85. The van der Waals surface area contributed by atoms with Gasteiger partial charge in [0.15, 0.2) is 0 Å². The molecule has 1 amide bonds. The molecule has 0 aliphatic heterocycles. The average molecular weight is 217 g/mol. The Morgan fingerprint density at radius 3 is 2.62 bits per heavy atom. The molecule has 2 heterocycles. The maximum absolute atomic E-state index is 11.3. The van der Waals surface area contributed by atoms with E-state index in [1.165, 1.54) is 0 Å². The molecular weight excluding hydrogens is 202 g/mol. The maximum Gasteiger partial charge on any atom is 0.285 e. The molecule has 0 unspecified atom stereocenters. The minimum atomic E-state index is -0.503. The van der Waals surface area contributed by atoms with Crippen LogP contribution in [0.5, 0.6) is 0 Å². The van der Waals surface area contributed by atoms with Crippen molar-refractivity contribution in [2.75, 3.05) is 0 Å². The van der Waals surface area contributed by atoms with Gasteiger partial charge in [0.2, 0.25) is 5.82 Å². The summed E-state index contributed by atoms with van der Waals surface area (Å²) in [7, 11) is 0. The second-order valence-corrected chi connectivity index (χ2v) is 4.85. The van der Waals surface area contributed by atoms with Crippen LogP contribution in [0.25, 0.3) is 5.52 Å². The molecule has 0 bridgehead atoms. The number of nitrogens with zero attached hydrogens (tertiary/aromatic N) is 2. The molecule has 0 radical (unpaired) electrons. The summed E-state index contributed by atoms with van der Waals surface area (Å²) in [6, 6.07) is 5.73. The Morgan fingerprint density at radius 1 is 1.38 bits per heavy atom. The lowest BCUT2D eigenvalue weighted by atomic mass is 9.91. The van der Waals surface area contributed by atoms with Gasteiger partial charge in [-0.25, -0.2) is 4.98 Å². The second kappa shape index (κ2) is 3.33. The topological polar surface area (TPSA) is 60.4 Å². The lowest BCUT2D eigenvalue weighted by Gasteiger charge is -2.15. The molecule has 0 saturated heterocycles. The minimum absolute atomic E-state index is 0.111. The van der Waals surface area contributed by atoms with Gasteiger partial charge in [0, 0.05) is 11.6 Å². The Hall–Kier alpha value is -1.84. The smallest absolute Gasteiger partial charge is 0.285 e. The van der Waals surface area contributed by atoms with Gasteiger partial charge >= 0.3 is 0 Å². The number of primary amides is 1. The van der Waals surface area contributed by atoms with Crippen LogP contribution in [0.2, 0.25) is 0 Å². The molecule has 84 valence electrons. The van der Waals surface area contributed by atoms with Gasteiger partial charge in [-0.1, -0.05) is 26.8 Å². The van der Waals surface area contributed by atoms with Gasteiger partial charge in [0.1, 0.15) is 0 Å². The molecule has 0 atom stereocenters. The fourth-order valence-corrected chi connectivity index (χ4v) is 1.76. The van der Waals surface area contributed by atoms with Crippen molar-refractivity contribution in [2.24, 2.45) is 5.73 Å². The number of amides is 1. The van der Waals surface area contributed by atoms with Gasteiger partial charge in [-0.15, -0.1) is 0 Å². The number of rotatable bonds is 1. The molecule has 0 aromatic carbocycles. The van der Waals surface area contributed by atoms with Crippen LogP contribution in [0.4, 0.5) is 0 Å². The fraction of sp³-hybridized carbons (Fsp3) is 0.333. The molecule has 4 heteroatoms. The van der Waals surface area contributed by atoms with Crippen molar-refractivity contribution >= 4 is 11.4 Å². The van der Waals surface area contributed by atoms with Gasteiger partial charge in [0.05, 0.1) is 11.2 Å². The first-order valence-electron chi connectivity index (χ1n) is 5.18. The lowest BCUT2D eigenvalue weighted by Crippen LogP contribution is -2.16. The van der Waals surface area contributed by atoms with E-state index in [0.717, 1.165) is 11.2 Å². The predicted octanol–water partition coefficient (Wildman–Crippen LogP) is 1.73. The summed E-state index contributed by atoms with van der Waals surface area (Å²) in [5.41, 5.74) is 7.03. The van der Waals surface area contributed by atoms with E-state index in [1.807, 2.05) is 18.2 Å². The summed E-state index contributed by atoms with van der Waals surface area (Å²) in [4.78, 5) is 15.6. The zero-order valence-electron chi connectivity index (χ0n) is 9.69. The Labute approximate surface area is 94.1 Å². The number of hydrogen-bond acceptors (Lipinski definition) is 2. The highest BCUT2D eigenvalue weighted by Crippen LogP contribution is 2.26. The van der Waals surface area contributed by atoms with E-state index >= 15 is 0 Å². The van der Waals surface area contributed by atoms with E-state index in [9.17, 15) is 4.79 Å². The highest BCUT2D eigenvalue weighted by Gasteiger charge is 2.23. The van der Waals surface area contributed by atoms with Crippen molar-refractivity contribution < 1.29 is 4.79 Å². The van der Waals surface area contributed by atoms with Crippen molar-refractivity contribution in [3.8, 4) is 0 Å². The number of pyridine rings is 1. The minimum Gasteiger partial charge on any atom is -0.363 e. The number of carbonyl (C=O) groups is 1. The molecule has 2 aromatic heterocycles. The molecule has 0 aliphatic carbocycles. The van der Waals surface area contributed by atoms with Crippen LogP contribution >= 0.6 is 0 Å². The Kier molecular flexibility index (Phi) is 2.22. The first-order chi connectivity index (χ1) is 7.41. The van der Waals surface area contributed by atoms with Gasteiger partial charge in [-0.05, 0) is 12.1 Å². The summed E-state index contributed by atoms with van der Waals surface area (Å²) in [6.07, 6.45) is 1.80. The molecule has 0 saturated carbocycles. The first-order valence-corrected chi connectivity index (χ1v) is 5.18. The van der Waals surface area contributed by atoms with Gasteiger partial charge in [0.25, 0.3) is 5.91 Å². The van der Waals surface area contributed by atoms with E-state index < -0.39 is 5.91 Å². The standard InChI is InChI=1S/C12H15N3O/c1-12(2,3)9-8-6-4-5-7-15(8)11(14-9)10(13)16/h4-7H,1-3H3,(H2,13,16). The maximum atomic E-state index is 11.3. The quantitative estimate of drug-likeness (QED) is 0.790. The Bertz CT molecular complexity index is 549. The van der Waals surface area contributed by atoms with Crippen LogP contribution < -0.4 is 5.73 Å². The molecule has 2 N–H and O–H groups in total. The summed E-state index contributed by atoms with van der Waals surface area (Å²) in [6.45, 7) is 6.19. The van der Waals surface area contributed by atoms with Crippen LogP contribution in [0, 0.1) is 0 Å². The molecule has 4 nitrogen and oxygen atoms in total. The van der Waals surface area contributed by atoms with E-state index in [2.05, 4.69) is 25.8 Å². The third-order valence-corrected chi connectivity index (χ3v) is 2.48. The van der Waals surface area contributed by atoms with Crippen molar-refractivity contribution in [2.45, 2.75) is 26.2 Å². The molecule has 2 rings (SSSR count). The van der Waals surface area contributed by atoms with E-state index in [0.29, 0.717) is 5.82 Å². The first kappa shape index (κ1) is 10.7. The average Bonchev–Trinajstić information content (AvgIpc) is 2.56. The Morgan fingerprint density at radius 2 is 2.06 bits per heavy atom. The highest BCUT2D eigenvalue weighted by molar-refractivity contribution is 5.90. The van der Waals surface area contributed by atoms with Crippen molar-refractivity contribution in [3.63, 3.8) is 0 Å².